The van der Waals surface area contributed by atoms with Gasteiger partial charge >= 0.3 is 5.97 Å². The first-order valence-electron chi connectivity index (χ1n) is 5.58. The Morgan fingerprint density at radius 1 is 1.53 bits per heavy atom. The van der Waals surface area contributed by atoms with Crippen molar-refractivity contribution >= 4 is 11.9 Å². The molecule has 1 aromatic rings. The molecule has 17 heavy (non-hydrogen) atoms. The number of hydrogen-bond acceptors (Lipinski definition) is 3. The summed E-state index contributed by atoms with van der Waals surface area (Å²) < 4.78 is 4.72. The van der Waals surface area contributed by atoms with Crippen LogP contribution in [0.1, 0.15) is 37.2 Å². The Hall–Kier alpha value is -1.78. The Balaban J connectivity index is 2.80. The van der Waals surface area contributed by atoms with E-state index in [-0.39, 0.29) is 5.91 Å². The van der Waals surface area contributed by atoms with E-state index in [1.54, 1.807) is 25.3 Å². The number of aromatic amines is 1. The Bertz CT molecular complexity index is 386. The van der Waals surface area contributed by atoms with Gasteiger partial charge in [-0.3, -0.25) is 4.79 Å². The summed E-state index contributed by atoms with van der Waals surface area (Å²) in [6, 6.07) is 3.38. The lowest BCUT2D eigenvalue weighted by atomic mass is 9.96. The minimum atomic E-state index is -0.980. The molecule has 0 saturated carbocycles. The first-order valence-corrected chi connectivity index (χ1v) is 5.58. The standard InChI is InChI=1S/C12H18N2O3/c1-4-7-12(2,11(16)17-3)14-10(15)9-6-5-8-13-9/h5-6,8,13H,4,7H2,1-3H3,(H,14,15). The fourth-order valence-corrected chi connectivity index (χ4v) is 1.73. The number of rotatable bonds is 5. The zero-order valence-electron chi connectivity index (χ0n) is 10.4. The summed E-state index contributed by atoms with van der Waals surface area (Å²) in [5.41, 5.74) is -0.553. The number of ether oxygens (including phenoxy) is 1. The Labute approximate surface area is 101 Å². The van der Waals surface area contributed by atoms with Gasteiger partial charge in [-0.05, 0) is 25.5 Å². The van der Waals surface area contributed by atoms with Gasteiger partial charge in [-0.2, -0.15) is 0 Å². The topological polar surface area (TPSA) is 71.2 Å². The molecule has 1 unspecified atom stereocenters. The molecular weight excluding hydrogens is 220 g/mol. The predicted octanol–water partition coefficient (Wildman–Crippen LogP) is 1.48. The third-order valence-corrected chi connectivity index (χ3v) is 2.62. The van der Waals surface area contributed by atoms with Crippen LogP contribution in [0.2, 0.25) is 0 Å². The molecule has 0 aliphatic rings. The van der Waals surface area contributed by atoms with Crippen LogP contribution in [0.25, 0.3) is 0 Å². The molecule has 0 aliphatic carbocycles. The quantitative estimate of drug-likeness (QED) is 0.763. The van der Waals surface area contributed by atoms with Crippen LogP contribution in [-0.4, -0.2) is 29.5 Å². The average molecular weight is 238 g/mol. The molecule has 5 heteroatoms. The molecule has 0 aliphatic heterocycles. The van der Waals surface area contributed by atoms with Crippen LogP contribution in [0.5, 0.6) is 0 Å². The minimum absolute atomic E-state index is 0.309. The van der Waals surface area contributed by atoms with E-state index in [1.807, 2.05) is 6.92 Å². The predicted molar refractivity (Wildman–Crippen MR) is 63.6 cm³/mol. The van der Waals surface area contributed by atoms with Gasteiger partial charge in [-0.1, -0.05) is 13.3 Å². The lowest BCUT2D eigenvalue weighted by Crippen LogP contribution is -2.52. The molecule has 1 atom stereocenters. The lowest BCUT2D eigenvalue weighted by molar-refractivity contribution is -0.147. The summed E-state index contributed by atoms with van der Waals surface area (Å²) in [6.07, 6.45) is 2.97. The molecule has 0 spiro atoms. The largest absolute Gasteiger partial charge is 0.467 e. The summed E-state index contributed by atoms with van der Waals surface area (Å²) in [5.74, 6) is -0.740. The van der Waals surface area contributed by atoms with E-state index in [1.165, 1.54) is 7.11 Å². The fraction of sp³-hybridized carbons (Fsp3) is 0.500. The van der Waals surface area contributed by atoms with Crippen molar-refractivity contribution in [3.8, 4) is 0 Å². The van der Waals surface area contributed by atoms with Gasteiger partial charge in [0.15, 0.2) is 0 Å². The maximum Gasteiger partial charge on any atom is 0.331 e. The van der Waals surface area contributed by atoms with Gasteiger partial charge in [0.05, 0.1) is 7.11 Å². The van der Waals surface area contributed by atoms with Crippen molar-refractivity contribution in [1.82, 2.24) is 10.3 Å². The first kappa shape index (κ1) is 13.3. The van der Waals surface area contributed by atoms with E-state index in [2.05, 4.69) is 10.3 Å². The Morgan fingerprint density at radius 3 is 2.71 bits per heavy atom. The highest BCUT2D eigenvalue weighted by Gasteiger charge is 2.35. The summed E-state index contributed by atoms with van der Waals surface area (Å²) in [4.78, 5) is 26.3. The first-order chi connectivity index (χ1) is 8.03. The van der Waals surface area contributed by atoms with E-state index < -0.39 is 11.5 Å². The third kappa shape index (κ3) is 3.09. The van der Waals surface area contributed by atoms with Crippen molar-refractivity contribution in [2.45, 2.75) is 32.2 Å². The Kier molecular flexibility index (Phi) is 4.31. The second kappa shape index (κ2) is 5.52. The number of H-pyrrole nitrogens is 1. The minimum Gasteiger partial charge on any atom is -0.467 e. The van der Waals surface area contributed by atoms with Crippen molar-refractivity contribution in [3.63, 3.8) is 0 Å². The zero-order chi connectivity index (χ0) is 12.9. The molecule has 94 valence electrons. The highest BCUT2D eigenvalue weighted by molar-refractivity contribution is 5.96. The number of carbonyl (C=O) groups is 2. The van der Waals surface area contributed by atoms with Crippen LogP contribution in [0.3, 0.4) is 0 Å². The SMILES string of the molecule is CCCC(C)(NC(=O)c1ccc[nH]1)C(=O)OC. The van der Waals surface area contributed by atoms with Crippen molar-refractivity contribution in [1.29, 1.82) is 0 Å². The smallest absolute Gasteiger partial charge is 0.331 e. The molecule has 0 saturated heterocycles. The zero-order valence-corrected chi connectivity index (χ0v) is 10.4. The normalized spacial score (nSPS) is 13.8. The van der Waals surface area contributed by atoms with Crippen molar-refractivity contribution in [2.24, 2.45) is 0 Å². The molecule has 5 nitrogen and oxygen atoms in total. The highest BCUT2D eigenvalue weighted by Crippen LogP contribution is 2.15. The monoisotopic (exact) mass is 238 g/mol. The second-order valence-corrected chi connectivity index (χ2v) is 4.11. The van der Waals surface area contributed by atoms with Crippen molar-refractivity contribution in [2.75, 3.05) is 7.11 Å². The molecule has 1 rings (SSSR count). The highest BCUT2D eigenvalue weighted by atomic mass is 16.5. The van der Waals surface area contributed by atoms with Gasteiger partial charge in [-0.15, -0.1) is 0 Å². The Morgan fingerprint density at radius 2 is 2.24 bits per heavy atom. The van der Waals surface area contributed by atoms with Crippen LogP contribution in [0.15, 0.2) is 18.3 Å². The van der Waals surface area contributed by atoms with E-state index in [4.69, 9.17) is 4.74 Å². The maximum absolute atomic E-state index is 11.9. The fourth-order valence-electron chi connectivity index (χ4n) is 1.73. The van der Waals surface area contributed by atoms with Gasteiger partial charge in [0.25, 0.3) is 5.91 Å². The molecular formula is C12H18N2O3. The van der Waals surface area contributed by atoms with Gasteiger partial charge in [-0.25, -0.2) is 4.79 Å². The van der Waals surface area contributed by atoms with Crippen LogP contribution in [0.4, 0.5) is 0 Å². The second-order valence-electron chi connectivity index (χ2n) is 4.11. The molecule has 0 aromatic carbocycles. The number of amides is 1. The molecule has 1 heterocycles. The lowest BCUT2D eigenvalue weighted by Gasteiger charge is -2.27. The van der Waals surface area contributed by atoms with E-state index in [9.17, 15) is 9.59 Å². The van der Waals surface area contributed by atoms with Gasteiger partial charge in [0, 0.05) is 6.20 Å². The van der Waals surface area contributed by atoms with Crippen LogP contribution in [-0.2, 0) is 9.53 Å². The number of methoxy groups -OCH3 is 1. The maximum atomic E-state index is 11.9. The summed E-state index contributed by atoms with van der Waals surface area (Å²) in [6.45, 7) is 3.62. The summed E-state index contributed by atoms with van der Waals surface area (Å²) in [7, 11) is 1.32. The van der Waals surface area contributed by atoms with Crippen LogP contribution in [0, 0.1) is 0 Å². The molecule has 0 radical (unpaired) electrons. The molecule has 2 N–H and O–H groups in total. The molecule has 1 aromatic heterocycles. The number of aromatic nitrogens is 1. The van der Waals surface area contributed by atoms with E-state index in [0.717, 1.165) is 6.42 Å². The number of esters is 1. The third-order valence-electron chi connectivity index (χ3n) is 2.62. The van der Waals surface area contributed by atoms with Crippen LogP contribution < -0.4 is 5.32 Å². The number of carbonyl (C=O) groups excluding carboxylic acids is 2. The summed E-state index contributed by atoms with van der Waals surface area (Å²) in [5, 5.41) is 2.70. The van der Waals surface area contributed by atoms with Crippen LogP contribution >= 0.6 is 0 Å². The summed E-state index contributed by atoms with van der Waals surface area (Å²) >= 11 is 0. The van der Waals surface area contributed by atoms with Gasteiger partial charge in [0.1, 0.15) is 11.2 Å². The van der Waals surface area contributed by atoms with Gasteiger partial charge in [0.2, 0.25) is 0 Å². The van der Waals surface area contributed by atoms with E-state index >= 15 is 0 Å². The molecule has 0 fully saturated rings. The average Bonchev–Trinajstić information content (AvgIpc) is 2.81. The molecule has 0 bridgehead atoms. The van der Waals surface area contributed by atoms with Gasteiger partial charge < -0.3 is 15.0 Å². The number of hydrogen-bond donors (Lipinski definition) is 2. The van der Waals surface area contributed by atoms with Crippen molar-refractivity contribution < 1.29 is 14.3 Å². The molecule has 1 amide bonds. The van der Waals surface area contributed by atoms with Crippen molar-refractivity contribution in [3.05, 3.63) is 24.0 Å². The number of nitrogens with one attached hydrogen (secondary N) is 2. The van der Waals surface area contributed by atoms with E-state index in [0.29, 0.717) is 12.1 Å².